The predicted molar refractivity (Wildman–Crippen MR) is 70.2 cm³/mol. The highest BCUT2D eigenvalue weighted by atomic mass is 32.2. The molecule has 0 saturated heterocycles. The topological polar surface area (TPSA) is 52.2 Å². The lowest BCUT2D eigenvalue weighted by atomic mass is 10.2. The zero-order chi connectivity index (χ0) is 17.0. The molecule has 0 unspecified atom stereocenters. The highest BCUT2D eigenvalue weighted by Gasteiger charge is 2.57. The van der Waals surface area contributed by atoms with E-state index in [1.165, 1.54) is 24.0 Å². The molecule has 0 radical (unpaired) electrons. The van der Waals surface area contributed by atoms with Gasteiger partial charge in [0, 0.05) is 0 Å². The maximum atomic E-state index is 13.1. The molecule has 0 amide bonds. The molecule has 128 valence electrons. The molecule has 0 bridgehead atoms. The molecular formula is C12H19F4N2O3S+. The highest BCUT2D eigenvalue weighted by Crippen LogP contribution is 2.31. The van der Waals surface area contributed by atoms with E-state index in [0.717, 1.165) is 23.8 Å². The van der Waals surface area contributed by atoms with E-state index in [1.807, 2.05) is 6.92 Å². The SMILES string of the molecule is CCCCCCn1cc[n+](C)c1OS(=O)(=O)C(F)(F)C(F)F. The van der Waals surface area contributed by atoms with Crippen molar-refractivity contribution in [2.24, 2.45) is 7.05 Å². The molecule has 0 aromatic carbocycles. The van der Waals surface area contributed by atoms with Gasteiger partial charge in [-0.1, -0.05) is 19.8 Å². The fourth-order valence-electron chi connectivity index (χ4n) is 1.76. The molecule has 0 spiro atoms. The van der Waals surface area contributed by atoms with Crippen LogP contribution >= 0.6 is 0 Å². The van der Waals surface area contributed by atoms with Gasteiger partial charge in [-0.3, -0.25) is 0 Å². The van der Waals surface area contributed by atoms with E-state index in [-0.39, 0.29) is 0 Å². The first-order valence-electron chi connectivity index (χ1n) is 6.78. The first-order valence-corrected chi connectivity index (χ1v) is 8.19. The number of nitrogens with zero attached hydrogens (tertiary/aromatic N) is 2. The number of hydrogen-bond donors (Lipinski definition) is 0. The largest absolute Gasteiger partial charge is 0.471 e. The van der Waals surface area contributed by atoms with E-state index >= 15 is 0 Å². The van der Waals surface area contributed by atoms with E-state index in [0.29, 0.717) is 13.0 Å². The third-order valence-electron chi connectivity index (χ3n) is 3.04. The molecule has 1 heterocycles. The van der Waals surface area contributed by atoms with Crippen LogP contribution in [0.2, 0.25) is 0 Å². The molecule has 1 rings (SSSR count). The van der Waals surface area contributed by atoms with Gasteiger partial charge in [0.25, 0.3) is 0 Å². The number of halogens is 4. The normalized spacial score (nSPS) is 12.9. The number of alkyl halides is 4. The number of aryl methyl sites for hydroxylation is 2. The molecule has 0 saturated carbocycles. The van der Waals surface area contributed by atoms with Crippen molar-refractivity contribution in [3.05, 3.63) is 12.4 Å². The van der Waals surface area contributed by atoms with Crippen LogP contribution in [0.5, 0.6) is 6.01 Å². The molecular weight excluding hydrogens is 328 g/mol. The first kappa shape index (κ1) is 18.7. The van der Waals surface area contributed by atoms with E-state index in [4.69, 9.17) is 0 Å². The van der Waals surface area contributed by atoms with Crippen LogP contribution in [-0.4, -0.2) is 24.7 Å². The molecule has 0 N–H and O–H groups in total. The fourth-order valence-corrected chi connectivity index (χ4v) is 2.50. The Balaban J connectivity index is 2.91. The lowest BCUT2D eigenvalue weighted by Crippen LogP contribution is -2.42. The van der Waals surface area contributed by atoms with Gasteiger partial charge in [0.15, 0.2) is 0 Å². The Labute approximate surface area is 126 Å². The molecule has 5 nitrogen and oxygen atoms in total. The van der Waals surface area contributed by atoms with Crippen molar-refractivity contribution in [3.8, 4) is 6.01 Å². The molecule has 0 aliphatic carbocycles. The van der Waals surface area contributed by atoms with Crippen molar-refractivity contribution in [1.29, 1.82) is 0 Å². The Morgan fingerprint density at radius 3 is 2.50 bits per heavy atom. The van der Waals surface area contributed by atoms with Crippen molar-refractivity contribution >= 4 is 10.1 Å². The standard InChI is InChI=1S/C12H19F4N2O3S/c1-3-4-5-6-7-18-9-8-17(2)11(18)21-22(19,20)12(15,16)10(13)14/h8-10H,3-7H2,1-2H3/q+1. The summed E-state index contributed by atoms with van der Waals surface area (Å²) in [6, 6.07) is -0.433. The summed E-state index contributed by atoms with van der Waals surface area (Å²) in [6.07, 6.45) is 2.00. The summed E-state index contributed by atoms with van der Waals surface area (Å²) in [4.78, 5) is 0. The average molecular weight is 347 g/mol. The zero-order valence-electron chi connectivity index (χ0n) is 12.3. The second kappa shape index (κ2) is 7.30. The summed E-state index contributed by atoms with van der Waals surface area (Å²) in [5, 5.41) is -5.27. The molecule has 0 atom stereocenters. The molecule has 10 heteroatoms. The lowest BCUT2D eigenvalue weighted by molar-refractivity contribution is -0.674. The minimum absolute atomic E-state index is 0.339. The van der Waals surface area contributed by atoms with E-state index < -0.39 is 27.8 Å². The molecule has 1 aromatic heterocycles. The van der Waals surface area contributed by atoms with Gasteiger partial charge in [-0.25, -0.2) is 8.78 Å². The highest BCUT2D eigenvalue weighted by molar-refractivity contribution is 7.88. The van der Waals surface area contributed by atoms with Crippen LogP contribution < -0.4 is 8.75 Å². The van der Waals surface area contributed by atoms with Gasteiger partial charge >= 0.3 is 27.8 Å². The number of imidazole rings is 1. The Hall–Kier alpha value is -1.32. The Morgan fingerprint density at radius 1 is 1.32 bits per heavy atom. The van der Waals surface area contributed by atoms with Crippen LogP contribution in [0.15, 0.2) is 12.4 Å². The van der Waals surface area contributed by atoms with Gasteiger partial charge in [-0.05, 0) is 12.8 Å². The third-order valence-corrected chi connectivity index (χ3v) is 4.26. The smallest absolute Gasteiger partial charge is 0.304 e. The average Bonchev–Trinajstić information content (AvgIpc) is 2.75. The molecule has 0 fully saturated rings. The van der Waals surface area contributed by atoms with Crippen LogP contribution in [0.3, 0.4) is 0 Å². The molecule has 22 heavy (non-hydrogen) atoms. The Bertz CT molecular complexity index is 587. The van der Waals surface area contributed by atoms with Gasteiger partial charge in [-0.15, -0.1) is 0 Å². The number of hydrogen-bond acceptors (Lipinski definition) is 3. The van der Waals surface area contributed by atoms with Crippen molar-refractivity contribution in [1.82, 2.24) is 4.57 Å². The first-order chi connectivity index (χ1) is 10.1. The third kappa shape index (κ3) is 4.11. The maximum absolute atomic E-state index is 13.1. The summed E-state index contributed by atoms with van der Waals surface area (Å²) in [5.41, 5.74) is 0. The second-order valence-electron chi connectivity index (χ2n) is 4.85. The Kier molecular flexibility index (Phi) is 6.21. The minimum atomic E-state index is -5.79. The van der Waals surface area contributed by atoms with Crippen LogP contribution in [0, 0.1) is 0 Å². The maximum Gasteiger partial charge on any atom is 0.471 e. The van der Waals surface area contributed by atoms with Gasteiger partial charge in [-0.2, -0.15) is 26.3 Å². The predicted octanol–water partition coefficient (Wildman–Crippen LogP) is 2.46. The van der Waals surface area contributed by atoms with E-state index in [9.17, 15) is 26.0 Å². The summed E-state index contributed by atoms with van der Waals surface area (Å²) in [6.45, 7) is 2.36. The Morgan fingerprint density at radius 2 is 1.95 bits per heavy atom. The summed E-state index contributed by atoms with van der Waals surface area (Å²) in [5.74, 6) is 0. The minimum Gasteiger partial charge on any atom is -0.304 e. The van der Waals surface area contributed by atoms with Gasteiger partial charge in [0.1, 0.15) is 12.4 Å². The molecule has 1 aromatic rings. The quantitative estimate of drug-likeness (QED) is 0.298. The number of aromatic nitrogens is 2. The van der Waals surface area contributed by atoms with E-state index in [1.54, 1.807) is 0 Å². The number of unbranched alkanes of at least 4 members (excludes halogenated alkanes) is 3. The van der Waals surface area contributed by atoms with Crippen LogP contribution in [0.25, 0.3) is 0 Å². The van der Waals surface area contributed by atoms with Gasteiger partial charge < -0.3 is 4.18 Å². The van der Waals surface area contributed by atoms with Crippen molar-refractivity contribution < 1.29 is 34.7 Å². The monoisotopic (exact) mass is 347 g/mol. The summed E-state index contributed by atoms with van der Waals surface area (Å²) >= 11 is 0. The van der Waals surface area contributed by atoms with Crippen molar-refractivity contribution in [2.75, 3.05) is 0 Å². The van der Waals surface area contributed by atoms with Gasteiger partial charge in [0.2, 0.25) is 0 Å². The van der Waals surface area contributed by atoms with Crippen molar-refractivity contribution in [2.45, 2.75) is 50.8 Å². The van der Waals surface area contributed by atoms with Gasteiger partial charge in [0.05, 0.1) is 13.6 Å². The molecule has 0 aliphatic heterocycles. The van der Waals surface area contributed by atoms with Crippen LogP contribution in [0.4, 0.5) is 17.6 Å². The second-order valence-corrected chi connectivity index (χ2v) is 6.46. The summed E-state index contributed by atoms with van der Waals surface area (Å²) < 4.78 is 79.9. The fraction of sp³-hybridized carbons (Fsp3) is 0.750. The molecule has 0 aliphatic rings. The van der Waals surface area contributed by atoms with Crippen LogP contribution in [0.1, 0.15) is 32.6 Å². The summed E-state index contributed by atoms with van der Waals surface area (Å²) in [7, 11) is -4.42. The van der Waals surface area contributed by atoms with E-state index in [2.05, 4.69) is 4.18 Å². The number of rotatable bonds is 9. The lowest BCUT2D eigenvalue weighted by Gasteiger charge is -2.14. The van der Waals surface area contributed by atoms with Crippen LogP contribution in [-0.2, 0) is 23.7 Å². The zero-order valence-corrected chi connectivity index (χ0v) is 13.1. The van der Waals surface area contributed by atoms with Crippen molar-refractivity contribution in [3.63, 3.8) is 0 Å².